The van der Waals surface area contributed by atoms with Gasteiger partial charge < -0.3 is 4.57 Å². The van der Waals surface area contributed by atoms with Crippen molar-refractivity contribution < 1.29 is 0 Å². The van der Waals surface area contributed by atoms with E-state index in [1.807, 2.05) is 0 Å². The third-order valence-corrected chi connectivity index (χ3v) is 5.12. The van der Waals surface area contributed by atoms with Gasteiger partial charge in [-0.15, -0.1) is 0 Å². The van der Waals surface area contributed by atoms with Crippen LogP contribution in [0.4, 0.5) is 0 Å². The molecule has 3 rings (SSSR count). The first kappa shape index (κ1) is 10.7. The molecule has 1 aromatic heterocycles. The number of fused-ring (bicyclic) bond motifs is 1. The minimum Gasteiger partial charge on any atom is -0.332 e. The van der Waals surface area contributed by atoms with Gasteiger partial charge in [0.2, 0.25) is 0 Å². The summed E-state index contributed by atoms with van der Waals surface area (Å²) in [5.74, 6) is 4.69. The van der Waals surface area contributed by atoms with E-state index in [4.69, 9.17) is 4.98 Å². The first-order chi connectivity index (χ1) is 7.84. The van der Waals surface area contributed by atoms with Crippen molar-refractivity contribution in [3.8, 4) is 0 Å². The molecule has 3 heteroatoms. The molecule has 0 radical (unpaired) electrons. The minimum atomic E-state index is 0.668. The summed E-state index contributed by atoms with van der Waals surface area (Å²) in [6.07, 6.45) is 8.88. The third kappa shape index (κ3) is 1.90. The molecule has 2 aliphatic rings. The quantitative estimate of drug-likeness (QED) is 0.744. The summed E-state index contributed by atoms with van der Waals surface area (Å²) >= 11 is 2.10. The minimum absolute atomic E-state index is 0.668. The van der Waals surface area contributed by atoms with Crippen molar-refractivity contribution in [1.29, 1.82) is 0 Å². The zero-order valence-electron chi connectivity index (χ0n) is 9.98. The molecular formula is C13H20N2S. The molecule has 1 saturated heterocycles. The molecule has 2 aliphatic heterocycles. The number of rotatable bonds is 1. The Morgan fingerprint density at radius 1 is 1.38 bits per heavy atom. The van der Waals surface area contributed by atoms with E-state index in [0.717, 1.165) is 5.92 Å². The zero-order valence-corrected chi connectivity index (χ0v) is 10.8. The Morgan fingerprint density at radius 2 is 2.31 bits per heavy atom. The fourth-order valence-electron chi connectivity index (χ4n) is 2.88. The van der Waals surface area contributed by atoms with E-state index in [2.05, 4.69) is 29.4 Å². The molecule has 1 fully saturated rings. The highest BCUT2D eigenvalue weighted by molar-refractivity contribution is 7.99. The van der Waals surface area contributed by atoms with Gasteiger partial charge in [-0.3, -0.25) is 0 Å². The molecule has 0 spiro atoms. The Labute approximate surface area is 102 Å². The number of nitrogens with zero attached hydrogens (tertiary/aromatic N) is 2. The van der Waals surface area contributed by atoms with Crippen LogP contribution in [0.15, 0.2) is 6.20 Å². The van der Waals surface area contributed by atoms with E-state index in [1.54, 1.807) is 0 Å². The van der Waals surface area contributed by atoms with E-state index >= 15 is 0 Å². The molecule has 88 valence electrons. The lowest BCUT2D eigenvalue weighted by atomic mass is 10.0. The van der Waals surface area contributed by atoms with Crippen LogP contribution in [-0.2, 0) is 6.42 Å². The molecule has 0 saturated carbocycles. The predicted octanol–water partition coefficient (Wildman–Crippen LogP) is 3.39. The van der Waals surface area contributed by atoms with Crippen LogP contribution in [0.5, 0.6) is 0 Å². The Bertz CT molecular complexity index is 366. The van der Waals surface area contributed by atoms with Crippen LogP contribution in [0.25, 0.3) is 0 Å². The van der Waals surface area contributed by atoms with Crippen LogP contribution >= 0.6 is 11.8 Å². The van der Waals surface area contributed by atoms with Gasteiger partial charge in [0.15, 0.2) is 0 Å². The van der Waals surface area contributed by atoms with Gasteiger partial charge in [-0.05, 0) is 38.4 Å². The van der Waals surface area contributed by atoms with Crippen LogP contribution in [0.3, 0.4) is 0 Å². The average molecular weight is 236 g/mol. The van der Waals surface area contributed by atoms with Gasteiger partial charge in [-0.1, -0.05) is 0 Å². The molecule has 0 aliphatic carbocycles. The SMILES string of the molecule is CC1CCCc2nc(C3CCCSC3)cn21. The highest BCUT2D eigenvalue weighted by Gasteiger charge is 2.23. The summed E-state index contributed by atoms with van der Waals surface area (Å²) in [6.45, 7) is 2.32. The standard InChI is InChI=1S/C13H20N2S/c1-10-4-2-6-13-14-12(8-15(10)13)11-5-3-7-16-9-11/h8,10-11H,2-7,9H2,1H3. The number of hydrogen-bond acceptors (Lipinski definition) is 2. The number of aryl methyl sites for hydroxylation is 1. The van der Waals surface area contributed by atoms with Crippen LogP contribution in [0, 0.1) is 0 Å². The molecule has 0 N–H and O–H groups in total. The molecule has 2 atom stereocenters. The molecule has 16 heavy (non-hydrogen) atoms. The number of hydrogen-bond donors (Lipinski definition) is 0. The van der Waals surface area contributed by atoms with Crippen molar-refractivity contribution >= 4 is 11.8 Å². The summed E-state index contributed by atoms with van der Waals surface area (Å²) in [4.78, 5) is 4.87. The second-order valence-electron chi connectivity index (χ2n) is 5.14. The first-order valence-electron chi connectivity index (χ1n) is 6.50. The first-order valence-corrected chi connectivity index (χ1v) is 7.65. The van der Waals surface area contributed by atoms with Crippen LogP contribution in [-0.4, -0.2) is 21.1 Å². The third-order valence-electron chi connectivity index (χ3n) is 3.90. The van der Waals surface area contributed by atoms with Crippen molar-refractivity contribution in [2.75, 3.05) is 11.5 Å². The lowest BCUT2D eigenvalue weighted by Gasteiger charge is -2.21. The maximum absolute atomic E-state index is 4.87. The zero-order chi connectivity index (χ0) is 11.0. The summed E-state index contributed by atoms with van der Waals surface area (Å²) in [5.41, 5.74) is 1.37. The van der Waals surface area contributed by atoms with E-state index in [-0.39, 0.29) is 0 Å². The van der Waals surface area contributed by atoms with Crippen molar-refractivity contribution in [2.24, 2.45) is 0 Å². The lowest BCUT2D eigenvalue weighted by Crippen LogP contribution is -2.14. The number of imidazole rings is 1. The van der Waals surface area contributed by atoms with Crippen molar-refractivity contribution in [1.82, 2.24) is 9.55 Å². The fourth-order valence-corrected chi connectivity index (χ4v) is 4.04. The van der Waals surface area contributed by atoms with Crippen molar-refractivity contribution in [3.05, 3.63) is 17.7 Å². The molecule has 1 aromatic rings. The second-order valence-corrected chi connectivity index (χ2v) is 6.29. The molecule has 0 aromatic carbocycles. The summed E-state index contributed by atoms with van der Waals surface area (Å²) in [6, 6.07) is 0.668. The second kappa shape index (κ2) is 4.44. The molecule has 0 bridgehead atoms. The topological polar surface area (TPSA) is 17.8 Å². The van der Waals surface area contributed by atoms with Gasteiger partial charge in [-0.25, -0.2) is 4.98 Å². The summed E-state index contributed by atoms with van der Waals surface area (Å²) in [7, 11) is 0. The number of aromatic nitrogens is 2. The van der Waals surface area contributed by atoms with Gasteiger partial charge in [0, 0.05) is 30.3 Å². The van der Waals surface area contributed by atoms with Gasteiger partial charge in [0.25, 0.3) is 0 Å². The highest BCUT2D eigenvalue weighted by atomic mass is 32.2. The normalized spacial score (nSPS) is 30.1. The molecule has 0 amide bonds. The molecule has 2 unspecified atom stereocenters. The monoisotopic (exact) mass is 236 g/mol. The maximum atomic E-state index is 4.87. The van der Waals surface area contributed by atoms with Crippen molar-refractivity contribution in [2.45, 2.75) is 51.0 Å². The van der Waals surface area contributed by atoms with Gasteiger partial charge in [0.1, 0.15) is 5.82 Å². The molecule has 2 nitrogen and oxygen atoms in total. The predicted molar refractivity (Wildman–Crippen MR) is 69.2 cm³/mol. The summed E-state index contributed by atoms with van der Waals surface area (Å²) in [5, 5.41) is 0. The van der Waals surface area contributed by atoms with E-state index in [1.165, 1.54) is 55.1 Å². The Kier molecular flexibility index (Phi) is 2.97. The maximum Gasteiger partial charge on any atom is 0.109 e. The smallest absolute Gasteiger partial charge is 0.109 e. The van der Waals surface area contributed by atoms with E-state index in [9.17, 15) is 0 Å². The van der Waals surface area contributed by atoms with Crippen molar-refractivity contribution in [3.63, 3.8) is 0 Å². The fraction of sp³-hybridized carbons (Fsp3) is 0.769. The van der Waals surface area contributed by atoms with E-state index < -0.39 is 0 Å². The van der Waals surface area contributed by atoms with Gasteiger partial charge in [-0.2, -0.15) is 11.8 Å². The van der Waals surface area contributed by atoms with Crippen LogP contribution < -0.4 is 0 Å². The highest BCUT2D eigenvalue weighted by Crippen LogP contribution is 2.33. The van der Waals surface area contributed by atoms with Crippen LogP contribution in [0.2, 0.25) is 0 Å². The molecular weight excluding hydrogens is 216 g/mol. The lowest BCUT2D eigenvalue weighted by molar-refractivity contribution is 0.425. The Hall–Kier alpha value is -0.440. The largest absolute Gasteiger partial charge is 0.332 e. The van der Waals surface area contributed by atoms with E-state index in [0.29, 0.717) is 6.04 Å². The Morgan fingerprint density at radius 3 is 3.06 bits per heavy atom. The molecule has 3 heterocycles. The Balaban J connectivity index is 1.85. The number of thioether (sulfide) groups is 1. The average Bonchev–Trinajstić information content (AvgIpc) is 2.76. The van der Waals surface area contributed by atoms with Gasteiger partial charge >= 0.3 is 0 Å². The summed E-state index contributed by atoms with van der Waals surface area (Å²) < 4.78 is 2.43. The van der Waals surface area contributed by atoms with Gasteiger partial charge in [0.05, 0.1) is 5.69 Å². The van der Waals surface area contributed by atoms with Crippen LogP contribution in [0.1, 0.15) is 56.1 Å².